The number of nitrogens with zero attached hydrogens (tertiary/aromatic N) is 1. The van der Waals surface area contributed by atoms with Crippen molar-refractivity contribution in [3.8, 4) is 11.5 Å². The molecule has 0 aromatic heterocycles. The van der Waals surface area contributed by atoms with Gasteiger partial charge in [0.1, 0.15) is 6.61 Å². The maximum absolute atomic E-state index is 11.5. The summed E-state index contributed by atoms with van der Waals surface area (Å²) in [6.07, 6.45) is 0.812. The van der Waals surface area contributed by atoms with Crippen LogP contribution in [0, 0.1) is 0 Å². The Morgan fingerprint density at radius 1 is 1.14 bits per heavy atom. The molecule has 0 spiro atoms. The summed E-state index contributed by atoms with van der Waals surface area (Å²) in [5, 5.41) is 0. The van der Waals surface area contributed by atoms with Crippen molar-refractivity contribution in [1.82, 2.24) is 0 Å². The third kappa shape index (κ3) is 3.39. The Labute approximate surface area is 121 Å². The third-order valence-corrected chi connectivity index (χ3v) is 2.92. The molecule has 0 fully saturated rings. The smallest absolute Gasteiger partial charge is 0.433 e. The van der Waals surface area contributed by atoms with Crippen LogP contribution in [0.3, 0.4) is 0 Å². The SMILES string of the molecule is O=C(/N=C/c1ccc2c(c1)OCO2)OCc1ccccc1. The molecule has 3 rings (SSSR count). The van der Waals surface area contributed by atoms with Crippen LogP contribution in [0.2, 0.25) is 0 Å². The second-order valence-electron chi connectivity index (χ2n) is 4.41. The lowest BCUT2D eigenvalue weighted by Crippen LogP contribution is -1.99. The average molecular weight is 283 g/mol. The van der Waals surface area contributed by atoms with Crippen LogP contribution >= 0.6 is 0 Å². The average Bonchev–Trinajstić information content (AvgIpc) is 2.99. The summed E-state index contributed by atoms with van der Waals surface area (Å²) in [6, 6.07) is 14.8. The predicted octanol–water partition coefficient (Wildman–Crippen LogP) is 3.17. The van der Waals surface area contributed by atoms with E-state index in [1.807, 2.05) is 30.3 Å². The zero-order valence-corrected chi connectivity index (χ0v) is 11.2. The Morgan fingerprint density at radius 2 is 1.95 bits per heavy atom. The first kappa shape index (κ1) is 13.2. The maximum Gasteiger partial charge on any atom is 0.433 e. The van der Waals surface area contributed by atoms with Crippen molar-refractivity contribution in [1.29, 1.82) is 0 Å². The van der Waals surface area contributed by atoms with Crippen molar-refractivity contribution >= 4 is 12.3 Å². The van der Waals surface area contributed by atoms with Gasteiger partial charge in [-0.15, -0.1) is 0 Å². The molecular formula is C16H13NO4. The Bertz CT molecular complexity index is 667. The summed E-state index contributed by atoms with van der Waals surface area (Å²) in [5.41, 5.74) is 1.67. The summed E-state index contributed by atoms with van der Waals surface area (Å²) in [4.78, 5) is 15.3. The highest BCUT2D eigenvalue weighted by atomic mass is 16.7. The van der Waals surface area contributed by atoms with Gasteiger partial charge < -0.3 is 14.2 Å². The minimum Gasteiger partial charge on any atom is -0.454 e. The Balaban J connectivity index is 1.57. The van der Waals surface area contributed by atoms with E-state index >= 15 is 0 Å². The molecule has 5 nitrogen and oxygen atoms in total. The summed E-state index contributed by atoms with van der Waals surface area (Å²) in [5.74, 6) is 1.34. The number of benzene rings is 2. The van der Waals surface area contributed by atoms with Crippen LogP contribution < -0.4 is 9.47 Å². The number of hydrogen-bond acceptors (Lipinski definition) is 4. The molecule has 0 unspecified atom stereocenters. The van der Waals surface area contributed by atoms with Gasteiger partial charge >= 0.3 is 6.09 Å². The predicted molar refractivity (Wildman–Crippen MR) is 76.8 cm³/mol. The normalized spacial score (nSPS) is 12.6. The Kier molecular flexibility index (Phi) is 3.82. The number of amides is 1. The molecule has 0 N–H and O–H groups in total. The number of rotatable bonds is 3. The van der Waals surface area contributed by atoms with E-state index in [0.717, 1.165) is 11.1 Å². The standard InChI is InChI=1S/C16H13NO4/c18-16(19-10-12-4-2-1-3-5-12)17-9-13-6-7-14-15(8-13)21-11-20-14/h1-9H,10-11H2/b17-9+. The van der Waals surface area contributed by atoms with Crippen molar-refractivity contribution in [3.63, 3.8) is 0 Å². The number of aliphatic imine (C=N–C) groups is 1. The highest BCUT2D eigenvalue weighted by molar-refractivity contribution is 5.89. The zero-order chi connectivity index (χ0) is 14.5. The number of fused-ring (bicyclic) bond motifs is 1. The van der Waals surface area contributed by atoms with Gasteiger partial charge in [0.2, 0.25) is 6.79 Å². The van der Waals surface area contributed by atoms with Gasteiger partial charge in [0, 0.05) is 6.21 Å². The molecule has 0 radical (unpaired) electrons. The molecule has 1 amide bonds. The molecule has 106 valence electrons. The van der Waals surface area contributed by atoms with Crippen LogP contribution in [0.4, 0.5) is 4.79 Å². The lowest BCUT2D eigenvalue weighted by Gasteiger charge is -2.01. The van der Waals surface area contributed by atoms with E-state index in [-0.39, 0.29) is 13.4 Å². The molecule has 5 heteroatoms. The van der Waals surface area contributed by atoms with Gasteiger partial charge in [0.25, 0.3) is 0 Å². The van der Waals surface area contributed by atoms with Crippen molar-refractivity contribution in [2.75, 3.05) is 6.79 Å². The number of ether oxygens (including phenoxy) is 3. The van der Waals surface area contributed by atoms with E-state index < -0.39 is 6.09 Å². The fourth-order valence-corrected chi connectivity index (χ4v) is 1.88. The van der Waals surface area contributed by atoms with Crippen LogP contribution in [-0.4, -0.2) is 19.1 Å². The van der Waals surface area contributed by atoms with Crippen molar-refractivity contribution in [2.24, 2.45) is 4.99 Å². The van der Waals surface area contributed by atoms with Crippen LogP contribution in [-0.2, 0) is 11.3 Å². The fraction of sp³-hybridized carbons (Fsp3) is 0.125. The highest BCUT2D eigenvalue weighted by Crippen LogP contribution is 2.31. The Morgan fingerprint density at radius 3 is 2.81 bits per heavy atom. The van der Waals surface area contributed by atoms with E-state index in [2.05, 4.69) is 4.99 Å². The van der Waals surface area contributed by atoms with E-state index in [0.29, 0.717) is 11.5 Å². The first-order valence-electron chi connectivity index (χ1n) is 6.46. The van der Waals surface area contributed by atoms with Crippen molar-refractivity contribution in [3.05, 3.63) is 59.7 Å². The van der Waals surface area contributed by atoms with Gasteiger partial charge in [-0.25, -0.2) is 4.79 Å². The first-order valence-corrected chi connectivity index (χ1v) is 6.46. The van der Waals surface area contributed by atoms with Crippen LogP contribution in [0.25, 0.3) is 0 Å². The number of carbonyl (C=O) groups is 1. The van der Waals surface area contributed by atoms with Gasteiger partial charge in [0.15, 0.2) is 11.5 Å². The molecule has 2 aromatic carbocycles. The lowest BCUT2D eigenvalue weighted by atomic mass is 10.2. The van der Waals surface area contributed by atoms with Crippen LogP contribution in [0.1, 0.15) is 11.1 Å². The van der Waals surface area contributed by atoms with Crippen molar-refractivity contribution < 1.29 is 19.0 Å². The molecule has 0 atom stereocenters. The van der Waals surface area contributed by atoms with E-state index in [1.165, 1.54) is 6.21 Å². The summed E-state index contributed by atoms with van der Waals surface area (Å²) < 4.78 is 15.5. The third-order valence-electron chi connectivity index (χ3n) is 2.92. The highest BCUT2D eigenvalue weighted by Gasteiger charge is 2.12. The largest absolute Gasteiger partial charge is 0.454 e. The zero-order valence-electron chi connectivity index (χ0n) is 11.2. The number of carbonyl (C=O) groups excluding carboxylic acids is 1. The molecule has 0 saturated heterocycles. The van der Waals surface area contributed by atoms with Crippen LogP contribution in [0.5, 0.6) is 11.5 Å². The molecule has 1 heterocycles. The van der Waals surface area contributed by atoms with E-state index in [1.54, 1.807) is 18.2 Å². The van der Waals surface area contributed by atoms with Crippen molar-refractivity contribution in [2.45, 2.75) is 6.61 Å². The van der Waals surface area contributed by atoms with Gasteiger partial charge in [-0.1, -0.05) is 30.3 Å². The van der Waals surface area contributed by atoms with Crippen LogP contribution in [0.15, 0.2) is 53.5 Å². The topological polar surface area (TPSA) is 57.1 Å². The molecule has 0 bridgehead atoms. The summed E-state index contributed by atoms with van der Waals surface area (Å²) >= 11 is 0. The van der Waals surface area contributed by atoms with E-state index in [4.69, 9.17) is 14.2 Å². The minimum atomic E-state index is -0.628. The molecule has 2 aromatic rings. The first-order chi connectivity index (χ1) is 10.3. The fourth-order valence-electron chi connectivity index (χ4n) is 1.88. The summed E-state index contributed by atoms with van der Waals surface area (Å²) in [7, 11) is 0. The quantitative estimate of drug-likeness (QED) is 0.812. The molecule has 21 heavy (non-hydrogen) atoms. The minimum absolute atomic E-state index is 0.207. The molecule has 1 aliphatic heterocycles. The Hall–Kier alpha value is -2.82. The molecular weight excluding hydrogens is 270 g/mol. The van der Waals surface area contributed by atoms with E-state index in [9.17, 15) is 4.79 Å². The maximum atomic E-state index is 11.5. The summed E-state index contributed by atoms with van der Waals surface area (Å²) in [6.45, 7) is 0.424. The van der Waals surface area contributed by atoms with Gasteiger partial charge in [0.05, 0.1) is 0 Å². The monoisotopic (exact) mass is 283 g/mol. The second kappa shape index (κ2) is 6.09. The molecule has 0 saturated carbocycles. The van der Waals surface area contributed by atoms with Gasteiger partial charge in [-0.05, 0) is 29.3 Å². The molecule has 0 aliphatic carbocycles. The van der Waals surface area contributed by atoms with Gasteiger partial charge in [-0.3, -0.25) is 0 Å². The second-order valence-corrected chi connectivity index (χ2v) is 4.41. The molecule has 1 aliphatic rings. The van der Waals surface area contributed by atoms with Gasteiger partial charge in [-0.2, -0.15) is 4.99 Å². The number of hydrogen-bond donors (Lipinski definition) is 0. The lowest BCUT2D eigenvalue weighted by molar-refractivity contribution is 0.151.